The normalized spacial score (nSPS) is 14.0. The van der Waals surface area contributed by atoms with E-state index in [1.807, 2.05) is 4.90 Å². The molecule has 0 saturated heterocycles. The quantitative estimate of drug-likeness (QED) is 0.609. The van der Waals surface area contributed by atoms with Gasteiger partial charge in [-0.3, -0.25) is 0 Å². The molecule has 1 aliphatic heterocycles. The van der Waals surface area contributed by atoms with E-state index in [0.29, 0.717) is 6.54 Å². The summed E-state index contributed by atoms with van der Waals surface area (Å²) in [6.07, 6.45) is 0.842. The van der Waals surface area contributed by atoms with Crippen LogP contribution in [-0.4, -0.2) is 13.1 Å². The highest BCUT2D eigenvalue weighted by molar-refractivity contribution is 5.58. The standard InChI is InChI=1S/C10H9FN2/c11-9-1-2-10-8(7-9)3-5-13(10)6-4-12/h1-2,7H,3,5-6H2. The third kappa shape index (κ3) is 1.35. The van der Waals surface area contributed by atoms with Gasteiger partial charge in [0.15, 0.2) is 0 Å². The fourth-order valence-electron chi connectivity index (χ4n) is 1.69. The van der Waals surface area contributed by atoms with E-state index in [1.54, 1.807) is 12.1 Å². The summed E-state index contributed by atoms with van der Waals surface area (Å²) in [7, 11) is 0. The first-order valence-corrected chi connectivity index (χ1v) is 4.21. The molecule has 0 spiro atoms. The molecule has 1 aromatic rings. The van der Waals surface area contributed by atoms with Crippen LogP contribution < -0.4 is 4.90 Å². The van der Waals surface area contributed by atoms with E-state index in [4.69, 9.17) is 5.26 Å². The largest absolute Gasteiger partial charge is 0.358 e. The first-order chi connectivity index (χ1) is 6.31. The van der Waals surface area contributed by atoms with Crippen LogP contribution in [0.5, 0.6) is 0 Å². The molecule has 1 aromatic carbocycles. The third-order valence-electron chi connectivity index (χ3n) is 2.29. The van der Waals surface area contributed by atoms with Crippen LogP contribution in [0.15, 0.2) is 18.2 Å². The lowest BCUT2D eigenvalue weighted by Crippen LogP contribution is -2.20. The van der Waals surface area contributed by atoms with Crippen LogP contribution in [0.3, 0.4) is 0 Å². The zero-order valence-corrected chi connectivity index (χ0v) is 7.13. The first kappa shape index (κ1) is 8.06. The molecule has 2 nitrogen and oxygen atoms in total. The maximum atomic E-state index is 12.8. The third-order valence-corrected chi connectivity index (χ3v) is 2.29. The van der Waals surface area contributed by atoms with Crippen molar-refractivity contribution in [1.82, 2.24) is 0 Å². The van der Waals surface area contributed by atoms with Gasteiger partial charge in [0.2, 0.25) is 0 Å². The molecule has 2 rings (SSSR count). The molecule has 0 aliphatic carbocycles. The van der Waals surface area contributed by atoms with Gasteiger partial charge in [0.1, 0.15) is 12.4 Å². The smallest absolute Gasteiger partial charge is 0.123 e. The summed E-state index contributed by atoms with van der Waals surface area (Å²) in [5, 5.41) is 8.54. The summed E-state index contributed by atoms with van der Waals surface area (Å²) in [6.45, 7) is 1.21. The Kier molecular flexibility index (Phi) is 1.90. The van der Waals surface area contributed by atoms with Gasteiger partial charge in [-0.2, -0.15) is 5.26 Å². The van der Waals surface area contributed by atoms with Crippen LogP contribution in [0.25, 0.3) is 0 Å². The molecular weight excluding hydrogens is 167 g/mol. The lowest BCUT2D eigenvalue weighted by Gasteiger charge is -2.14. The number of halogens is 1. The van der Waals surface area contributed by atoms with Gasteiger partial charge < -0.3 is 4.90 Å². The van der Waals surface area contributed by atoms with E-state index < -0.39 is 0 Å². The molecule has 0 amide bonds. The minimum Gasteiger partial charge on any atom is -0.358 e. The predicted molar refractivity (Wildman–Crippen MR) is 47.9 cm³/mol. The van der Waals surface area contributed by atoms with Gasteiger partial charge in [-0.1, -0.05) is 0 Å². The van der Waals surface area contributed by atoms with E-state index in [0.717, 1.165) is 24.2 Å². The fourth-order valence-corrected chi connectivity index (χ4v) is 1.69. The van der Waals surface area contributed by atoms with Crippen molar-refractivity contribution in [1.29, 1.82) is 5.26 Å². The van der Waals surface area contributed by atoms with Crippen molar-refractivity contribution >= 4 is 5.69 Å². The van der Waals surface area contributed by atoms with Crippen molar-refractivity contribution in [3.63, 3.8) is 0 Å². The van der Waals surface area contributed by atoms with Crippen LogP contribution in [0.1, 0.15) is 5.56 Å². The molecule has 1 heterocycles. The predicted octanol–water partition coefficient (Wildman–Crippen LogP) is 1.71. The summed E-state index contributed by atoms with van der Waals surface area (Å²) in [4.78, 5) is 1.97. The highest BCUT2D eigenvalue weighted by Gasteiger charge is 2.18. The van der Waals surface area contributed by atoms with Gasteiger partial charge in [-0.15, -0.1) is 0 Å². The molecule has 0 fully saturated rings. The summed E-state index contributed by atoms with van der Waals surface area (Å²) in [5.74, 6) is -0.197. The van der Waals surface area contributed by atoms with Crippen molar-refractivity contribution in [2.45, 2.75) is 6.42 Å². The molecule has 66 valence electrons. The van der Waals surface area contributed by atoms with E-state index >= 15 is 0 Å². The Morgan fingerprint density at radius 2 is 2.38 bits per heavy atom. The second-order valence-electron chi connectivity index (χ2n) is 3.10. The number of rotatable bonds is 1. The van der Waals surface area contributed by atoms with Crippen LogP contribution in [0, 0.1) is 17.1 Å². The summed E-state index contributed by atoms with van der Waals surface area (Å²) in [5.41, 5.74) is 2.01. The number of nitriles is 1. The number of hydrogen-bond acceptors (Lipinski definition) is 2. The maximum absolute atomic E-state index is 12.8. The minimum atomic E-state index is -0.197. The fraction of sp³-hybridized carbons (Fsp3) is 0.300. The molecule has 0 saturated carbocycles. The number of hydrogen-bond donors (Lipinski definition) is 0. The monoisotopic (exact) mass is 176 g/mol. The van der Waals surface area contributed by atoms with E-state index in [2.05, 4.69) is 6.07 Å². The number of fused-ring (bicyclic) bond motifs is 1. The average molecular weight is 176 g/mol. The summed E-state index contributed by atoms with van der Waals surface area (Å²) < 4.78 is 12.8. The van der Waals surface area contributed by atoms with Crippen molar-refractivity contribution in [3.05, 3.63) is 29.6 Å². The zero-order valence-electron chi connectivity index (χ0n) is 7.13. The first-order valence-electron chi connectivity index (χ1n) is 4.21. The van der Waals surface area contributed by atoms with Gasteiger partial charge in [-0.05, 0) is 30.2 Å². The molecule has 0 radical (unpaired) electrons. The Labute approximate surface area is 76.2 Å². The Morgan fingerprint density at radius 3 is 3.15 bits per heavy atom. The highest BCUT2D eigenvalue weighted by Crippen LogP contribution is 2.27. The lowest BCUT2D eigenvalue weighted by molar-refractivity contribution is 0.626. The number of nitrogens with zero attached hydrogens (tertiary/aromatic N) is 2. The molecule has 0 unspecified atom stereocenters. The highest BCUT2D eigenvalue weighted by atomic mass is 19.1. The Balaban J connectivity index is 2.34. The van der Waals surface area contributed by atoms with Gasteiger partial charge in [-0.25, -0.2) is 4.39 Å². The SMILES string of the molecule is N#CCN1CCc2cc(F)ccc21. The molecule has 0 aromatic heterocycles. The van der Waals surface area contributed by atoms with Crippen LogP contribution in [0.2, 0.25) is 0 Å². The Bertz CT molecular complexity index is 368. The van der Waals surface area contributed by atoms with Crippen LogP contribution in [-0.2, 0) is 6.42 Å². The second-order valence-corrected chi connectivity index (χ2v) is 3.10. The van der Waals surface area contributed by atoms with Crippen molar-refractivity contribution in [3.8, 4) is 6.07 Å². The van der Waals surface area contributed by atoms with Gasteiger partial charge >= 0.3 is 0 Å². The van der Waals surface area contributed by atoms with E-state index in [9.17, 15) is 4.39 Å². The Hall–Kier alpha value is -1.56. The molecule has 1 aliphatic rings. The van der Waals surface area contributed by atoms with Crippen molar-refractivity contribution < 1.29 is 4.39 Å². The van der Waals surface area contributed by atoms with Gasteiger partial charge in [0, 0.05) is 12.2 Å². The van der Waals surface area contributed by atoms with Crippen molar-refractivity contribution in [2.24, 2.45) is 0 Å². The number of anilines is 1. The van der Waals surface area contributed by atoms with E-state index in [-0.39, 0.29) is 5.82 Å². The topological polar surface area (TPSA) is 27.0 Å². The lowest BCUT2D eigenvalue weighted by atomic mass is 10.2. The van der Waals surface area contributed by atoms with Gasteiger partial charge in [0.25, 0.3) is 0 Å². The summed E-state index contributed by atoms with van der Waals surface area (Å²) in [6, 6.07) is 6.83. The van der Waals surface area contributed by atoms with Crippen LogP contribution in [0.4, 0.5) is 10.1 Å². The van der Waals surface area contributed by atoms with Crippen LogP contribution >= 0.6 is 0 Å². The molecule has 0 N–H and O–H groups in total. The van der Waals surface area contributed by atoms with E-state index in [1.165, 1.54) is 6.07 Å². The number of benzene rings is 1. The molecular formula is C10H9FN2. The molecule has 3 heteroatoms. The average Bonchev–Trinajstić information content (AvgIpc) is 2.49. The molecule has 13 heavy (non-hydrogen) atoms. The maximum Gasteiger partial charge on any atom is 0.123 e. The second kappa shape index (κ2) is 3.06. The molecule has 0 bridgehead atoms. The Morgan fingerprint density at radius 1 is 1.54 bits per heavy atom. The minimum absolute atomic E-state index is 0.197. The summed E-state index contributed by atoms with van der Waals surface area (Å²) >= 11 is 0. The molecule has 0 atom stereocenters. The van der Waals surface area contributed by atoms with Crippen molar-refractivity contribution in [2.75, 3.05) is 18.0 Å². The zero-order chi connectivity index (χ0) is 9.26. The van der Waals surface area contributed by atoms with Gasteiger partial charge in [0.05, 0.1) is 6.07 Å².